The number of rotatable bonds is 5. The maximum Gasteiger partial charge on any atom is 0.225 e. The molecular formula is C12H14N2O3. The first-order valence-corrected chi connectivity index (χ1v) is 5.10. The molecule has 1 rings (SSSR count). The van der Waals surface area contributed by atoms with E-state index < -0.39 is 0 Å². The number of nitriles is 1. The van der Waals surface area contributed by atoms with Crippen LogP contribution in [0.3, 0.4) is 0 Å². The molecule has 5 nitrogen and oxygen atoms in total. The molecule has 1 aromatic carbocycles. The number of ether oxygens (including phenoxy) is 2. The summed E-state index contributed by atoms with van der Waals surface area (Å²) in [6, 6.07) is 7.04. The molecule has 0 aliphatic rings. The third kappa shape index (κ3) is 3.68. The van der Waals surface area contributed by atoms with Crippen LogP contribution in [0.15, 0.2) is 18.2 Å². The predicted octanol–water partition coefficient (Wildman–Crippen LogP) is 1.95. The van der Waals surface area contributed by atoms with E-state index in [0.29, 0.717) is 17.2 Å². The lowest BCUT2D eigenvalue weighted by Gasteiger charge is -2.11. The first-order valence-electron chi connectivity index (χ1n) is 5.10. The maximum absolute atomic E-state index is 11.5. The number of hydrogen-bond acceptors (Lipinski definition) is 4. The summed E-state index contributed by atoms with van der Waals surface area (Å²) in [4.78, 5) is 11.5. The first kappa shape index (κ1) is 12.8. The van der Waals surface area contributed by atoms with Gasteiger partial charge in [0.1, 0.15) is 11.5 Å². The van der Waals surface area contributed by atoms with Gasteiger partial charge in [-0.2, -0.15) is 5.26 Å². The van der Waals surface area contributed by atoms with Crippen LogP contribution in [-0.4, -0.2) is 20.1 Å². The predicted molar refractivity (Wildman–Crippen MR) is 63.0 cm³/mol. The second kappa shape index (κ2) is 6.38. The number of nitrogens with one attached hydrogen (secondary N) is 1. The van der Waals surface area contributed by atoms with Crippen molar-refractivity contribution < 1.29 is 14.3 Å². The molecular weight excluding hydrogens is 220 g/mol. The molecule has 1 aromatic rings. The zero-order valence-corrected chi connectivity index (χ0v) is 9.82. The summed E-state index contributed by atoms with van der Waals surface area (Å²) in [7, 11) is 3.07. The van der Waals surface area contributed by atoms with Crippen molar-refractivity contribution in [3.8, 4) is 17.6 Å². The lowest BCUT2D eigenvalue weighted by molar-refractivity contribution is -0.116. The molecule has 0 aliphatic heterocycles. The van der Waals surface area contributed by atoms with Gasteiger partial charge < -0.3 is 14.8 Å². The van der Waals surface area contributed by atoms with Gasteiger partial charge in [0.05, 0.1) is 26.0 Å². The van der Waals surface area contributed by atoms with E-state index in [9.17, 15) is 4.79 Å². The van der Waals surface area contributed by atoms with Crippen LogP contribution >= 0.6 is 0 Å². The minimum atomic E-state index is -0.224. The Labute approximate surface area is 100.0 Å². The molecule has 0 radical (unpaired) electrons. The molecule has 17 heavy (non-hydrogen) atoms. The maximum atomic E-state index is 11.5. The van der Waals surface area contributed by atoms with E-state index in [2.05, 4.69) is 5.32 Å². The summed E-state index contributed by atoms with van der Waals surface area (Å²) in [5.41, 5.74) is 0.537. The Kier molecular flexibility index (Phi) is 4.82. The molecule has 0 aromatic heterocycles. The Bertz CT molecular complexity index is 438. The highest BCUT2D eigenvalue weighted by Gasteiger charge is 2.08. The number of methoxy groups -OCH3 is 2. The first-order chi connectivity index (χ1) is 8.21. The highest BCUT2D eigenvalue weighted by molar-refractivity contribution is 5.92. The van der Waals surface area contributed by atoms with Gasteiger partial charge in [-0.15, -0.1) is 0 Å². The Morgan fingerprint density at radius 3 is 2.76 bits per heavy atom. The summed E-state index contributed by atoms with van der Waals surface area (Å²) in [5.74, 6) is 0.954. The van der Waals surface area contributed by atoms with Crippen LogP contribution in [-0.2, 0) is 4.79 Å². The van der Waals surface area contributed by atoms with Gasteiger partial charge in [0, 0.05) is 18.9 Å². The fourth-order valence-corrected chi connectivity index (χ4v) is 1.29. The van der Waals surface area contributed by atoms with Gasteiger partial charge in [0.15, 0.2) is 0 Å². The Morgan fingerprint density at radius 1 is 1.41 bits per heavy atom. The molecule has 0 spiro atoms. The largest absolute Gasteiger partial charge is 0.497 e. The van der Waals surface area contributed by atoms with Gasteiger partial charge in [-0.05, 0) is 12.1 Å². The van der Waals surface area contributed by atoms with Gasteiger partial charge in [0.25, 0.3) is 0 Å². The smallest absolute Gasteiger partial charge is 0.225 e. The van der Waals surface area contributed by atoms with Crippen molar-refractivity contribution in [3.05, 3.63) is 18.2 Å². The van der Waals surface area contributed by atoms with Gasteiger partial charge in [0.2, 0.25) is 5.91 Å². The van der Waals surface area contributed by atoms with Crippen LogP contribution in [0.5, 0.6) is 11.5 Å². The summed E-state index contributed by atoms with van der Waals surface area (Å²) < 4.78 is 10.2. The average molecular weight is 234 g/mol. The standard InChI is InChI=1S/C12H14N2O3/c1-16-9-5-6-11(17-2)10(8-9)14-12(15)4-3-7-13/h5-6,8H,3-4H2,1-2H3,(H,14,15). The quantitative estimate of drug-likeness (QED) is 0.845. The van der Waals surface area contributed by atoms with Crippen molar-refractivity contribution in [1.82, 2.24) is 0 Å². The Balaban J connectivity index is 2.80. The Hall–Kier alpha value is -2.22. The molecule has 0 aliphatic carbocycles. The third-order valence-corrected chi connectivity index (χ3v) is 2.14. The second-order valence-electron chi connectivity index (χ2n) is 3.27. The molecule has 0 fully saturated rings. The molecule has 0 unspecified atom stereocenters. The third-order valence-electron chi connectivity index (χ3n) is 2.14. The Morgan fingerprint density at radius 2 is 2.18 bits per heavy atom. The molecule has 0 saturated carbocycles. The van der Waals surface area contributed by atoms with E-state index >= 15 is 0 Å². The zero-order chi connectivity index (χ0) is 12.7. The monoisotopic (exact) mass is 234 g/mol. The topological polar surface area (TPSA) is 71.3 Å². The summed E-state index contributed by atoms with van der Waals surface area (Å²) in [6.07, 6.45) is 0.356. The van der Waals surface area contributed by atoms with E-state index in [1.807, 2.05) is 6.07 Å². The highest BCUT2D eigenvalue weighted by atomic mass is 16.5. The van der Waals surface area contributed by atoms with Crippen LogP contribution in [0.4, 0.5) is 5.69 Å². The molecule has 0 bridgehead atoms. The van der Waals surface area contributed by atoms with Gasteiger partial charge >= 0.3 is 0 Å². The van der Waals surface area contributed by atoms with E-state index in [0.717, 1.165) is 0 Å². The van der Waals surface area contributed by atoms with Crippen molar-refractivity contribution in [3.63, 3.8) is 0 Å². The SMILES string of the molecule is COc1ccc(OC)c(NC(=O)CCC#N)c1. The summed E-state index contributed by atoms with van der Waals surface area (Å²) in [5, 5.41) is 11.1. The van der Waals surface area contributed by atoms with Crippen LogP contribution in [0, 0.1) is 11.3 Å². The van der Waals surface area contributed by atoms with Gasteiger partial charge in [-0.3, -0.25) is 4.79 Å². The number of carbonyl (C=O) groups excluding carboxylic acids is 1. The minimum absolute atomic E-state index is 0.164. The fourth-order valence-electron chi connectivity index (χ4n) is 1.29. The number of nitrogens with zero attached hydrogens (tertiary/aromatic N) is 1. The van der Waals surface area contributed by atoms with Crippen LogP contribution in [0.2, 0.25) is 0 Å². The zero-order valence-electron chi connectivity index (χ0n) is 9.82. The lowest BCUT2D eigenvalue weighted by Crippen LogP contribution is -2.11. The van der Waals surface area contributed by atoms with Crippen LogP contribution in [0.25, 0.3) is 0 Å². The molecule has 0 heterocycles. The van der Waals surface area contributed by atoms with E-state index in [1.54, 1.807) is 25.3 Å². The number of anilines is 1. The number of carbonyl (C=O) groups is 1. The molecule has 90 valence electrons. The molecule has 1 N–H and O–H groups in total. The van der Waals surface area contributed by atoms with Crippen LogP contribution < -0.4 is 14.8 Å². The van der Waals surface area contributed by atoms with E-state index in [4.69, 9.17) is 14.7 Å². The van der Waals surface area contributed by atoms with Crippen molar-refractivity contribution >= 4 is 11.6 Å². The summed E-state index contributed by atoms with van der Waals surface area (Å²) in [6.45, 7) is 0. The lowest BCUT2D eigenvalue weighted by atomic mass is 10.2. The minimum Gasteiger partial charge on any atom is -0.497 e. The van der Waals surface area contributed by atoms with E-state index in [-0.39, 0.29) is 18.7 Å². The van der Waals surface area contributed by atoms with E-state index in [1.165, 1.54) is 7.11 Å². The molecule has 0 saturated heterocycles. The summed E-state index contributed by atoms with van der Waals surface area (Å²) >= 11 is 0. The van der Waals surface area contributed by atoms with Crippen molar-refractivity contribution in [1.29, 1.82) is 5.26 Å². The average Bonchev–Trinajstić information content (AvgIpc) is 2.36. The highest BCUT2D eigenvalue weighted by Crippen LogP contribution is 2.28. The molecule has 5 heteroatoms. The van der Waals surface area contributed by atoms with Crippen molar-refractivity contribution in [2.75, 3.05) is 19.5 Å². The fraction of sp³-hybridized carbons (Fsp3) is 0.333. The van der Waals surface area contributed by atoms with Gasteiger partial charge in [-0.1, -0.05) is 0 Å². The normalized spacial score (nSPS) is 9.24. The van der Waals surface area contributed by atoms with Crippen LogP contribution in [0.1, 0.15) is 12.8 Å². The second-order valence-corrected chi connectivity index (χ2v) is 3.27. The van der Waals surface area contributed by atoms with Crippen molar-refractivity contribution in [2.45, 2.75) is 12.8 Å². The molecule has 0 atom stereocenters. The molecule has 1 amide bonds. The van der Waals surface area contributed by atoms with Crippen molar-refractivity contribution in [2.24, 2.45) is 0 Å². The number of hydrogen-bond donors (Lipinski definition) is 1. The van der Waals surface area contributed by atoms with Gasteiger partial charge in [-0.25, -0.2) is 0 Å². The number of benzene rings is 1. The number of amides is 1.